The van der Waals surface area contributed by atoms with E-state index >= 15 is 0 Å². The minimum atomic E-state index is -0.259. The second-order valence-electron chi connectivity index (χ2n) is 3.73. The summed E-state index contributed by atoms with van der Waals surface area (Å²) in [5, 5.41) is 12.6. The topological polar surface area (TPSA) is 47.0 Å². The van der Waals surface area contributed by atoms with Crippen LogP contribution in [0.1, 0.15) is 17.5 Å². The van der Waals surface area contributed by atoms with Crippen molar-refractivity contribution in [3.05, 3.63) is 34.6 Å². The molecule has 96 valence electrons. The maximum Gasteiger partial charge on any atom is 0.205 e. The molecule has 1 N–H and O–H groups in total. The average molecular weight is 267 g/mol. The Morgan fingerprint density at radius 2 is 2.22 bits per heavy atom. The first-order valence-corrected chi connectivity index (χ1v) is 6.46. The summed E-state index contributed by atoms with van der Waals surface area (Å²) in [7, 11) is 0. The van der Waals surface area contributed by atoms with Crippen LogP contribution in [-0.4, -0.2) is 16.7 Å². The summed E-state index contributed by atoms with van der Waals surface area (Å²) in [5.41, 5.74) is 0.770. The van der Waals surface area contributed by atoms with Crippen LogP contribution in [0.25, 0.3) is 0 Å². The highest BCUT2D eigenvalue weighted by Crippen LogP contribution is 2.21. The van der Waals surface area contributed by atoms with Crippen molar-refractivity contribution in [3.63, 3.8) is 0 Å². The third-order valence-electron chi connectivity index (χ3n) is 2.28. The second-order valence-corrected chi connectivity index (χ2v) is 4.79. The fraction of sp³-hybridized carbons (Fsp3) is 0.333. The third kappa shape index (κ3) is 3.16. The first-order chi connectivity index (χ1) is 8.69. The molecule has 2 aromatic rings. The number of ether oxygens (including phenoxy) is 1. The molecular formula is C12H14FN3OS. The van der Waals surface area contributed by atoms with Crippen LogP contribution < -0.4 is 10.1 Å². The summed E-state index contributed by atoms with van der Waals surface area (Å²) in [5.74, 6) is 0.404. The Labute approximate surface area is 109 Å². The van der Waals surface area contributed by atoms with Crippen LogP contribution in [0.3, 0.4) is 0 Å². The van der Waals surface area contributed by atoms with Gasteiger partial charge in [0.1, 0.15) is 18.2 Å². The average Bonchev–Trinajstić information content (AvgIpc) is 2.76. The standard InChI is InChI=1S/C12H14FN3OS/c1-3-14-12-16-15-11(18-12)7-17-10-5-4-9(13)6-8(10)2/h4-6H,3,7H2,1-2H3,(H,14,16). The molecular weight excluding hydrogens is 253 g/mol. The van der Waals surface area contributed by atoms with E-state index in [9.17, 15) is 4.39 Å². The lowest BCUT2D eigenvalue weighted by Crippen LogP contribution is -1.96. The Hall–Kier alpha value is -1.69. The van der Waals surface area contributed by atoms with Crippen molar-refractivity contribution in [2.24, 2.45) is 0 Å². The summed E-state index contributed by atoms with van der Waals surface area (Å²) in [4.78, 5) is 0. The van der Waals surface area contributed by atoms with Crippen molar-refractivity contribution < 1.29 is 9.13 Å². The third-order valence-corrected chi connectivity index (χ3v) is 3.14. The molecule has 18 heavy (non-hydrogen) atoms. The van der Waals surface area contributed by atoms with Crippen LogP contribution in [0.2, 0.25) is 0 Å². The highest BCUT2D eigenvalue weighted by Gasteiger charge is 2.06. The Morgan fingerprint density at radius 3 is 2.94 bits per heavy atom. The van der Waals surface area contributed by atoms with Gasteiger partial charge in [-0.2, -0.15) is 0 Å². The van der Waals surface area contributed by atoms with Crippen LogP contribution in [0.4, 0.5) is 9.52 Å². The number of aromatic nitrogens is 2. The number of rotatable bonds is 5. The van der Waals surface area contributed by atoms with Gasteiger partial charge in [0.15, 0.2) is 5.01 Å². The lowest BCUT2D eigenvalue weighted by atomic mass is 10.2. The SMILES string of the molecule is CCNc1nnc(COc2ccc(F)cc2C)s1. The van der Waals surface area contributed by atoms with Crippen molar-refractivity contribution in [1.29, 1.82) is 0 Å². The van der Waals surface area contributed by atoms with Gasteiger partial charge in [-0.3, -0.25) is 0 Å². The summed E-state index contributed by atoms with van der Waals surface area (Å²) >= 11 is 1.45. The molecule has 1 aromatic carbocycles. The molecule has 1 aromatic heterocycles. The Kier molecular flexibility index (Phi) is 4.09. The zero-order valence-electron chi connectivity index (χ0n) is 10.2. The summed E-state index contributed by atoms with van der Waals surface area (Å²) in [6, 6.07) is 4.45. The lowest BCUT2D eigenvalue weighted by molar-refractivity contribution is 0.302. The number of aryl methyl sites for hydroxylation is 1. The maximum atomic E-state index is 12.9. The molecule has 0 aliphatic rings. The Morgan fingerprint density at radius 1 is 1.39 bits per heavy atom. The number of hydrogen-bond acceptors (Lipinski definition) is 5. The highest BCUT2D eigenvalue weighted by molar-refractivity contribution is 7.15. The monoisotopic (exact) mass is 267 g/mol. The first kappa shape index (κ1) is 12.8. The van der Waals surface area contributed by atoms with Gasteiger partial charge >= 0.3 is 0 Å². The molecule has 0 bridgehead atoms. The minimum Gasteiger partial charge on any atom is -0.486 e. The van der Waals surface area contributed by atoms with Gasteiger partial charge in [0, 0.05) is 6.54 Å². The fourth-order valence-corrected chi connectivity index (χ4v) is 2.17. The van der Waals surface area contributed by atoms with Gasteiger partial charge in [-0.15, -0.1) is 10.2 Å². The van der Waals surface area contributed by atoms with Crippen LogP contribution in [0, 0.1) is 12.7 Å². The number of nitrogens with zero attached hydrogens (tertiary/aromatic N) is 2. The molecule has 2 rings (SSSR count). The number of anilines is 1. The molecule has 0 spiro atoms. The van der Waals surface area contributed by atoms with E-state index in [-0.39, 0.29) is 5.82 Å². The fourth-order valence-electron chi connectivity index (χ4n) is 1.45. The first-order valence-electron chi connectivity index (χ1n) is 5.64. The van der Waals surface area contributed by atoms with E-state index in [2.05, 4.69) is 15.5 Å². The maximum absolute atomic E-state index is 12.9. The predicted octanol–water partition coefficient (Wildman–Crippen LogP) is 3.00. The van der Waals surface area contributed by atoms with Gasteiger partial charge in [0.25, 0.3) is 0 Å². The molecule has 0 aliphatic heterocycles. The molecule has 0 radical (unpaired) electrons. The largest absolute Gasteiger partial charge is 0.486 e. The number of hydrogen-bond donors (Lipinski definition) is 1. The van der Waals surface area contributed by atoms with Crippen LogP contribution in [0.5, 0.6) is 5.75 Å². The smallest absolute Gasteiger partial charge is 0.205 e. The van der Waals surface area contributed by atoms with E-state index in [0.29, 0.717) is 12.4 Å². The van der Waals surface area contributed by atoms with Gasteiger partial charge in [-0.05, 0) is 37.6 Å². The molecule has 0 amide bonds. The van der Waals surface area contributed by atoms with E-state index in [1.54, 1.807) is 6.07 Å². The zero-order valence-corrected chi connectivity index (χ0v) is 11.1. The molecule has 0 saturated heterocycles. The van der Waals surface area contributed by atoms with Gasteiger partial charge < -0.3 is 10.1 Å². The molecule has 4 nitrogen and oxygen atoms in total. The van der Waals surface area contributed by atoms with Gasteiger partial charge in [-0.25, -0.2) is 4.39 Å². The van der Waals surface area contributed by atoms with E-state index in [0.717, 1.165) is 22.2 Å². The van der Waals surface area contributed by atoms with Gasteiger partial charge in [0.05, 0.1) is 0 Å². The van der Waals surface area contributed by atoms with Crippen LogP contribution in [0.15, 0.2) is 18.2 Å². The van der Waals surface area contributed by atoms with Crippen molar-refractivity contribution in [3.8, 4) is 5.75 Å². The number of nitrogens with one attached hydrogen (secondary N) is 1. The summed E-state index contributed by atoms with van der Waals surface area (Å²) in [6.45, 7) is 4.96. The molecule has 0 unspecified atom stereocenters. The summed E-state index contributed by atoms with van der Waals surface area (Å²) in [6.07, 6.45) is 0. The Balaban J connectivity index is 1.97. The normalized spacial score (nSPS) is 10.4. The quantitative estimate of drug-likeness (QED) is 0.904. The van der Waals surface area contributed by atoms with Crippen molar-refractivity contribution >= 4 is 16.5 Å². The minimum absolute atomic E-state index is 0.259. The van der Waals surface area contributed by atoms with E-state index in [4.69, 9.17) is 4.74 Å². The molecule has 0 saturated carbocycles. The molecule has 1 heterocycles. The predicted molar refractivity (Wildman–Crippen MR) is 69.5 cm³/mol. The molecule has 6 heteroatoms. The second kappa shape index (κ2) is 5.77. The molecule has 0 fully saturated rings. The number of halogens is 1. The van der Waals surface area contributed by atoms with E-state index in [1.165, 1.54) is 23.5 Å². The highest BCUT2D eigenvalue weighted by atomic mass is 32.1. The van der Waals surface area contributed by atoms with Crippen LogP contribution >= 0.6 is 11.3 Å². The Bertz CT molecular complexity index is 530. The van der Waals surface area contributed by atoms with Crippen LogP contribution in [-0.2, 0) is 6.61 Å². The van der Waals surface area contributed by atoms with E-state index < -0.39 is 0 Å². The lowest BCUT2D eigenvalue weighted by Gasteiger charge is -2.06. The van der Waals surface area contributed by atoms with Crippen molar-refractivity contribution in [2.75, 3.05) is 11.9 Å². The molecule has 0 atom stereocenters. The van der Waals surface area contributed by atoms with Gasteiger partial charge in [-0.1, -0.05) is 11.3 Å². The number of benzene rings is 1. The van der Waals surface area contributed by atoms with E-state index in [1.807, 2.05) is 13.8 Å². The molecule has 0 aliphatic carbocycles. The van der Waals surface area contributed by atoms with Gasteiger partial charge in [0.2, 0.25) is 5.13 Å². The zero-order chi connectivity index (χ0) is 13.0. The van der Waals surface area contributed by atoms with Crippen molar-refractivity contribution in [2.45, 2.75) is 20.5 Å². The van der Waals surface area contributed by atoms with Crippen molar-refractivity contribution in [1.82, 2.24) is 10.2 Å². The summed E-state index contributed by atoms with van der Waals surface area (Å²) < 4.78 is 18.5.